The number of phenols is 1. The summed E-state index contributed by atoms with van der Waals surface area (Å²) < 4.78 is 18.2. The molecule has 10 heteroatoms. The zero-order valence-electron chi connectivity index (χ0n) is 26.0. The SMILES string of the molecule is O=C(Nc1cccc(C2O[C@H](CSc3ccc(O)cc3)[C@@H](c3ccccc3)[C@H](c3ccc(CO)cc3)O2)c1)c1ccc2c(c1)C(=O)OC2=O. The normalized spacial score (nSPS) is 20.0. The van der Waals surface area contributed by atoms with Crippen LogP contribution in [0.25, 0.3) is 0 Å². The monoisotopic (exact) mass is 673 g/mol. The molecule has 1 unspecified atom stereocenters. The van der Waals surface area contributed by atoms with Gasteiger partial charge in [0, 0.05) is 33.4 Å². The van der Waals surface area contributed by atoms with E-state index >= 15 is 0 Å². The highest BCUT2D eigenvalue weighted by atomic mass is 32.2. The van der Waals surface area contributed by atoms with Gasteiger partial charge in [-0.15, -0.1) is 11.8 Å². The molecule has 0 spiro atoms. The zero-order valence-corrected chi connectivity index (χ0v) is 26.8. The van der Waals surface area contributed by atoms with Crippen LogP contribution in [-0.2, 0) is 20.8 Å². The minimum absolute atomic E-state index is 0.0534. The number of rotatable bonds is 9. The molecule has 1 fully saturated rings. The number of thioether (sulfide) groups is 1. The fraction of sp³-hybridized carbons (Fsp3) is 0.154. The lowest BCUT2D eigenvalue weighted by Crippen LogP contribution is -2.38. The number of amides is 1. The van der Waals surface area contributed by atoms with Gasteiger partial charge in [0.15, 0.2) is 6.29 Å². The van der Waals surface area contributed by atoms with Crippen molar-refractivity contribution >= 4 is 35.3 Å². The van der Waals surface area contributed by atoms with Crippen LogP contribution >= 0.6 is 11.8 Å². The number of anilines is 1. The van der Waals surface area contributed by atoms with Crippen molar-refractivity contribution in [2.45, 2.75) is 35.9 Å². The Morgan fingerprint density at radius 3 is 2.22 bits per heavy atom. The Morgan fingerprint density at radius 1 is 0.735 bits per heavy atom. The molecule has 0 aliphatic carbocycles. The van der Waals surface area contributed by atoms with E-state index in [0.717, 1.165) is 21.6 Å². The van der Waals surface area contributed by atoms with Crippen molar-refractivity contribution in [3.05, 3.63) is 160 Å². The van der Waals surface area contributed by atoms with Crippen molar-refractivity contribution in [1.82, 2.24) is 0 Å². The van der Waals surface area contributed by atoms with Crippen molar-refractivity contribution in [2.75, 3.05) is 11.1 Å². The number of esters is 2. The summed E-state index contributed by atoms with van der Waals surface area (Å²) in [5.74, 6) is -1.40. The van der Waals surface area contributed by atoms with E-state index in [1.165, 1.54) is 18.2 Å². The van der Waals surface area contributed by atoms with Gasteiger partial charge >= 0.3 is 11.9 Å². The van der Waals surface area contributed by atoms with Crippen LogP contribution in [0.1, 0.15) is 71.6 Å². The number of fused-ring (bicyclic) bond motifs is 1. The Labute approximate surface area is 286 Å². The predicted octanol–water partition coefficient (Wildman–Crippen LogP) is 7.18. The molecule has 2 aliphatic rings. The molecule has 1 saturated heterocycles. The maximum atomic E-state index is 13.2. The van der Waals surface area contributed by atoms with Crippen LogP contribution in [0.3, 0.4) is 0 Å². The molecule has 9 nitrogen and oxygen atoms in total. The third-order valence-electron chi connectivity index (χ3n) is 8.55. The fourth-order valence-corrected chi connectivity index (χ4v) is 7.04. The maximum absolute atomic E-state index is 13.2. The summed E-state index contributed by atoms with van der Waals surface area (Å²) in [4.78, 5) is 38.1. The second-order valence-electron chi connectivity index (χ2n) is 11.7. The first-order chi connectivity index (χ1) is 23.9. The van der Waals surface area contributed by atoms with E-state index < -0.39 is 30.2 Å². The summed E-state index contributed by atoms with van der Waals surface area (Å²) >= 11 is 1.62. The number of aromatic hydroxyl groups is 1. The first kappa shape index (κ1) is 32.3. The summed E-state index contributed by atoms with van der Waals surface area (Å²) in [6.45, 7) is -0.0717. The molecule has 4 atom stereocenters. The van der Waals surface area contributed by atoms with Gasteiger partial charge in [-0.3, -0.25) is 4.79 Å². The Bertz CT molecular complexity index is 2000. The van der Waals surface area contributed by atoms with Crippen molar-refractivity contribution in [2.24, 2.45) is 0 Å². The van der Waals surface area contributed by atoms with E-state index in [1.54, 1.807) is 42.1 Å². The molecule has 3 N–H and O–H groups in total. The summed E-state index contributed by atoms with van der Waals surface area (Å²) in [5, 5.41) is 22.4. The van der Waals surface area contributed by atoms with E-state index in [9.17, 15) is 24.6 Å². The van der Waals surface area contributed by atoms with Gasteiger partial charge in [-0.1, -0.05) is 66.7 Å². The molecule has 0 radical (unpaired) electrons. The lowest BCUT2D eigenvalue weighted by atomic mass is 9.84. The molecular weight excluding hydrogens is 642 g/mol. The van der Waals surface area contributed by atoms with Crippen LogP contribution in [0.15, 0.2) is 126 Å². The predicted molar refractivity (Wildman–Crippen MR) is 182 cm³/mol. The van der Waals surface area contributed by atoms with Gasteiger partial charge in [-0.2, -0.15) is 0 Å². The standard InChI is InChI=1S/C39H31NO8S/c41-21-23-9-11-25(12-10-23)35-34(24-5-2-1-3-6-24)33(22-49-30-16-14-29(42)15-17-30)46-39(47-35)27-7-4-8-28(19-27)40-36(43)26-13-18-31-32(20-26)38(45)48-37(31)44/h1-20,33-35,39,41-42H,21-22H2,(H,40,43)/t33-,34-,35+,39?/m1/s1. The highest BCUT2D eigenvalue weighted by Gasteiger charge is 2.42. The molecule has 5 aromatic carbocycles. The molecule has 2 heterocycles. The number of aliphatic hydroxyl groups excluding tert-OH is 1. The van der Waals surface area contributed by atoms with Crippen molar-refractivity contribution < 1.29 is 38.8 Å². The second-order valence-corrected chi connectivity index (χ2v) is 12.8. The smallest absolute Gasteiger partial charge is 0.346 e. The lowest BCUT2D eigenvalue weighted by molar-refractivity contribution is -0.255. The van der Waals surface area contributed by atoms with Crippen LogP contribution in [0, 0.1) is 0 Å². The zero-order chi connectivity index (χ0) is 33.9. The van der Waals surface area contributed by atoms with E-state index in [-0.39, 0.29) is 41.1 Å². The molecule has 246 valence electrons. The summed E-state index contributed by atoms with van der Waals surface area (Å²) in [6, 6.07) is 36.3. The maximum Gasteiger partial charge on any atom is 0.346 e. The molecule has 0 bridgehead atoms. The average molecular weight is 674 g/mol. The number of carbonyl (C=O) groups excluding carboxylic acids is 3. The number of aliphatic hydroxyl groups is 1. The Morgan fingerprint density at radius 2 is 1.47 bits per heavy atom. The number of hydrogen-bond donors (Lipinski definition) is 3. The number of carbonyl (C=O) groups is 3. The molecule has 0 saturated carbocycles. The summed E-state index contributed by atoms with van der Waals surface area (Å²) in [6.07, 6.45) is -1.55. The van der Waals surface area contributed by atoms with Crippen LogP contribution in [0.5, 0.6) is 5.75 Å². The molecule has 2 aliphatic heterocycles. The number of hydrogen-bond acceptors (Lipinski definition) is 9. The topological polar surface area (TPSA) is 131 Å². The quantitative estimate of drug-likeness (QED) is 0.0846. The van der Waals surface area contributed by atoms with Gasteiger partial charge in [0.05, 0.1) is 29.9 Å². The van der Waals surface area contributed by atoms with Crippen LogP contribution in [0.4, 0.5) is 5.69 Å². The van der Waals surface area contributed by atoms with Gasteiger partial charge in [0.1, 0.15) is 5.75 Å². The number of benzene rings is 5. The summed E-state index contributed by atoms with van der Waals surface area (Å²) in [5.41, 5.74) is 4.32. The molecule has 7 rings (SSSR count). The number of cyclic esters (lactones) is 2. The Kier molecular flexibility index (Phi) is 9.28. The second kappa shape index (κ2) is 14.1. The molecule has 49 heavy (non-hydrogen) atoms. The average Bonchev–Trinajstić information content (AvgIpc) is 3.43. The largest absolute Gasteiger partial charge is 0.508 e. The van der Waals surface area contributed by atoms with Crippen molar-refractivity contribution in [3.8, 4) is 5.75 Å². The van der Waals surface area contributed by atoms with Gasteiger partial charge in [0.25, 0.3) is 5.91 Å². The molecule has 0 aromatic heterocycles. The van der Waals surface area contributed by atoms with Crippen molar-refractivity contribution in [1.29, 1.82) is 0 Å². The highest BCUT2D eigenvalue weighted by molar-refractivity contribution is 7.99. The van der Waals surface area contributed by atoms with Gasteiger partial charge in [0.2, 0.25) is 0 Å². The highest BCUT2D eigenvalue weighted by Crippen LogP contribution is 2.48. The molecule has 1 amide bonds. The number of ether oxygens (including phenoxy) is 3. The van der Waals surface area contributed by atoms with Gasteiger partial charge in [-0.05, 0) is 71.3 Å². The Hall–Kier alpha value is -5.26. The minimum atomic E-state index is -0.800. The van der Waals surface area contributed by atoms with E-state index in [4.69, 9.17) is 9.47 Å². The fourth-order valence-electron chi connectivity index (χ4n) is 6.07. The lowest BCUT2D eigenvalue weighted by Gasteiger charge is -2.43. The van der Waals surface area contributed by atoms with Crippen molar-refractivity contribution in [3.63, 3.8) is 0 Å². The van der Waals surface area contributed by atoms with E-state index in [1.807, 2.05) is 60.7 Å². The molecule has 5 aromatic rings. The van der Waals surface area contributed by atoms with Gasteiger partial charge < -0.3 is 29.7 Å². The first-order valence-electron chi connectivity index (χ1n) is 15.7. The van der Waals surface area contributed by atoms with E-state index in [2.05, 4.69) is 22.2 Å². The van der Waals surface area contributed by atoms with Crippen LogP contribution < -0.4 is 5.32 Å². The van der Waals surface area contributed by atoms with Gasteiger partial charge in [-0.25, -0.2) is 9.59 Å². The molecular formula is C39H31NO8S. The number of nitrogens with one attached hydrogen (secondary N) is 1. The third-order valence-corrected chi connectivity index (χ3v) is 9.65. The van der Waals surface area contributed by atoms with Crippen LogP contribution in [-0.4, -0.2) is 39.9 Å². The third kappa shape index (κ3) is 6.99. The Balaban J connectivity index is 1.19. The number of phenolic OH excluding ortho intramolecular Hbond substituents is 1. The van der Waals surface area contributed by atoms with E-state index in [0.29, 0.717) is 17.0 Å². The summed E-state index contributed by atoms with van der Waals surface area (Å²) in [7, 11) is 0. The first-order valence-corrected chi connectivity index (χ1v) is 16.6. The van der Waals surface area contributed by atoms with Crippen LogP contribution in [0.2, 0.25) is 0 Å². The minimum Gasteiger partial charge on any atom is -0.508 e.